The molecule has 0 rings (SSSR count). The number of rotatable bonds is 8. The number of thioether (sulfide) groups is 1. The topological polar surface area (TPSA) is 108 Å². The van der Waals surface area contributed by atoms with Gasteiger partial charge in [-0.15, -0.1) is 11.8 Å². The Labute approximate surface area is 121 Å². The number of carbonyl (C=O) groups is 3. The van der Waals surface area contributed by atoms with Crippen LogP contribution in [0.2, 0.25) is 0 Å². The Hall–Kier alpha value is -1.96. The van der Waals surface area contributed by atoms with Crippen LogP contribution in [0.5, 0.6) is 0 Å². The average molecular weight is 302 g/mol. The molecule has 0 unspecified atom stereocenters. The lowest BCUT2D eigenvalue weighted by atomic mass is 10.3. The summed E-state index contributed by atoms with van der Waals surface area (Å²) >= 11 is 1.19. The zero-order valence-electron chi connectivity index (χ0n) is 11.6. The number of nitrogens with two attached hydrogens (primary N) is 1. The monoisotopic (exact) mass is 302 g/mol. The zero-order chi connectivity index (χ0) is 15.5. The summed E-state index contributed by atoms with van der Waals surface area (Å²) in [5.74, 6) is -2.26. The second kappa shape index (κ2) is 9.90. The van der Waals surface area contributed by atoms with Gasteiger partial charge in [0, 0.05) is 12.3 Å². The van der Waals surface area contributed by atoms with Gasteiger partial charge in [-0.05, 0) is 20.1 Å². The molecule has 0 aliphatic carbocycles. The zero-order valence-corrected chi connectivity index (χ0v) is 12.4. The van der Waals surface area contributed by atoms with Crippen LogP contribution in [0.15, 0.2) is 22.9 Å². The largest absolute Gasteiger partial charge is 0.462 e. The fourth-order valence-corrected chi connectivity index (χ4v) is 1.46. The van der Waals surface area contributed by atoms with Crippen LogP contribution >= 0.6 is 11.8 Å². The molecule has 0 bridgehead atoms. The third kappa shape index (κ3) is 6.83. The molecule has 0 aliphatic rings. The van der Waals surface area contributed by atoms with Crippen LogP contribution in [0.4, 0.5) is 0 Å². The smallest absolute Gasteiger partial charge is 0.347 e. The van der Waals surface area contributed by atoms with Crippen molar-refractivity contribution < 1.29 is 23.9 Å². The summed E-state index contributed by atoms with van der Waals surface area (Å²) in [5.41, 5.74) is 4.72. The number of ether oxygens (including phenoxy) is 2. The molecule has 0 aliphatic heterocycles. The Morgan fingerprint density at radius 1 is 1.15 bits per heavy atom. The van der Waals surface area contributed by atoms with E-state index in [-0.39, 0.29) is 18.8 Å². The molecule has 0 atom stereocenters. The molecule has 0 saturated carbocycles. The molecular weight excluding hydrogens is 284 g/mol. The van der Waals surface area contributed by atoms with Gasteiger partial charge in [0.2, 0.25) is 5.91 Å². The molecule has 0 aromatic heterocycles. The highest BCUT2D eigenvalue weighted by Crippen LogP contribution is 2.09. The van der Waals surface area contributed by atoms with Crippen molar-refractivity contribution in [3.05, 3.63) is 22.9 Å². The predicted octanol–water partition coefficient (Wildman–Crippen LogP) is 0.276. The minimum Gasteiger partial charge on any atom is -0.462 e. The highest BCUT2D eigenvalue weighted by molar-refractivity contribution is 8.02. The highest BCUT2D eigenvalue weighted by atomic mass is 32.2. The normalized spacial score (nSPS) is 10.4. The molecule has 0 aromatic rings. The number of hydrogen-bond donors (Lipinski definition) is 2. The van der Waals surface area contributed by atoms with Gasteiger partial charge in [0.15, 0.2) is 5.57 Å². The fraction of sp³-hybridized carbons (Fsp3) is 0.417. The summed E-state index contributed by atoms with van der Waals surface area (Å²) in [4.78, 5) is 34.0. The molecule has 8 heteroatoms. The van der Waals surface area contributed by atoms with Crippen LogP contribution in [0.25, 0.3) is 0 Å². The van der Waals surface area contributed by atoms with E-state index >= 15 is 0 Å². The van der Waals surface area contributed by atoms with Crippen molar-refractivity contribution in [3.8, 4) is 0 Å². The van der Waals surface area contributed by atoms with E-state index in [1.54, 1.807) is 20.1 Å². The minimum absolute atomic E-state index is 0.127. The molecule has 0 aromatic carbocycles. The van der Waals surface area contributed by atoms with Crippen molar-refractivity contribution in [3.63, 3.8) is 0 Å². The molecule has 112 valence electrons. The summed E-state index contributed by atoms with van der Waals surface area (Å²) in [6, 6.07) is 0. The van der Waals surface area contributed by atoms with E-state index in [0.717, 1.165) is 12.3 Å². The van der Waals surface area contributed by atoms with E-state index in [1.807, 2.05) is 0 Å². The third-order valence-corrected chi connectivity index (χ3v) is 2.52. The van der Waals surface area contributed by atoms with E-state index in [9.17, 15) is 14.4 Å². The molecule has 3 N–H and O–H groups in total. The lowest BCUT2D eigenvalue weighted by Crippen LogP contribution is -2.21. The number of carbonyl (C=O) groups excluding carboxylic acids is 3. The van der Waals surface area contributed by atoms with Crippen molar-refractivity contribution >= 4 is 29.6 Å². The first-order valence-electron chi connectivity index (χ1n) is 5.82. The van der Waals surface area contributed by atoms with E-state index in [0.29, 0.717) is 5.03 Å². The Balaban J connectivity index is 5.10. The molecule has 7 nitrogen and oxygen atoms in total. The van der Waals surface area contributed by atoms with Gasteiger partial charge in [0.1, 0.15) is 0 Å². The third-order valence-electron chi connectivity index (χ3n) is 1.84. The Morgan fingerprint density at radius 2 is 1.65 bits per heavy atom. The highest BCUT2D eigenvalue weighted by Gasteiger charge is 2.21. The SMILES string of the molecule is CCOC(=O)C(=CNC(=CC(N)=O)SC)C(=O)OCC. The molecular formula is C12H18N2O5S. The lowest BCUT2D eigenvalue weighted by Gasteiger charge is -2.08. The summed E-state index contributed by atoms with van der Waals surface area (Å²) in [7, 11) is 0. The van der Waals surface area contributed by atoms with Gasteiger partial charge in [0.25, 0.3) is 0 Å². The van der Waals surface area contributed by atoms with Crippen molar-refractivity contribution in [2.24, 2.45) is 5.73 Å². The quantitative estimate of drug-likeness (QED) is 0.287. The summed E-state index contributed by atoms with van der Waals surface area (Å²) in [5, 5.41) is 3.02. The van der Waals surface area contributed by atoms with E-state index in [1.165, 1.54) is 11.8 Å². The van der Waals surface area contributed by atoms with E-state index < -0.39 is 17.8 Å². The van der Waals surface area contributed by atoms with Crippen LogP contribution in [-0.4, -0.2) is 37.3 Å². The van der Waals surface area contributed by atoms with Gasteiger partial charge in [-0.25, -0.2) is 9.59 Å². The van der Waals surface area contributed by atoms with Crippen LogP contribution in [0, 0.1) is 0 Å². The van der Waals surface area contributed by atoms with Crippen LogP contribution < -0.4 is 11.1 Å². The second-order valence-electron chi connectivity index (χ2n) is 3.26. The molecule has 0 spiro atoms. The van der Waals surface area contributed by atoms with Gasteiger partial charge in [-0.3, -0.25) is 4.79 Å². The first-order chi connectivity index (χ1) is 9.46. The standard InChI is InChI=1S/C12H18N2O5S/c1-4-18-11(16)8(12(17)19-5-2)7-14-10(20-3)6-9(13)15/h6-7,14H,4-5H2,1-3H3,(H2,13,15). The Bertz CT molecular complexity index is 412. The first kappa shape index (κ1) is 18.0. The number of amides is 1. The Morgan fingerprint density at radius 3 is 2.00 bits per heavy atom. The maximum absolute atomic E-state index is 11.6. The van der Waals surface area contributed by atoms with E-state index in [4.69, 9.17) is 15.2 Å². The maximum atomic E-state index is 11.6. The van der Waals surface area contributed by atoms with Crippen LogP contribution in [0.3, 0.4) is 0 Å². The fourth-order valence-electron chi connectivity index (χ4n) is 1.05. The summed E-state index contributed by atoms with van der Waals surface area (Å²) in [6.07, 6.45) is 3.96. The van der Waals surface area contributed by atoms with Crippen LogP contribution in [-0.2, 0) is 23.9 Å². The molecule has 1 amide bonds. The Kier molecular flexibility index (Phi) is 8.93. The number of nitrogens with one attached hydrogen (secondary N) is 1. The predicted molar refractivity (Wildman–Crippen MR) is 75.3 cm³/mol. The first-order valence-corrected chi connectivity index (χ1v) is 7.04. The van der Waals surface area contributed by atoms with Crippen molar-refractivity contribution in [2.75, 3.05) is 19.5 Å². The molecule has 0 radical (unpaired) electrons. The van der Waals surface area contributed by atoms with Crippen molar-refractivity contribution in [2.45, 2.75) is 13.8 Å². The minimum atomic E-state index is -0.807. The van der Waals surface area contributed by atoms with Gasteiger partial charge in [-0.2, -0.15) is 0 Å². The second-order valence-corrected chi connectivity index (χ2v) is 4.11. The van der Waals surface area contributed by atoms with Gasteiger partial charge in [-0.1, -0.05) is 0 Å². The maximum Gasteiger partial charge on any atom is 0.347 e. The van der Waals surface area contributed by atoms with Gasteiger partial charge >= 0.3 is 11.9 Å². The molecule has 0 fully saturated rings. The number of primary amides is 1. The lowest BCUT2D eigenvalue weighted by molar-refractivity contribution is -0.146. The molecule has 0 heterocycles. The number of hydrogen-bond acceptors (Lipinski definition) is 7. The van der Waals surface area contributed by atoms with Gasteiger partial charge in [0.05, 0.1) is 18.2 Å². The molecule has 0 saturated heterocycles. The van der Waals surface area contributed by atoms with Gasteiger partial charge < -0.3 is 20.5 Å². The summed E-state index contributed by atoms with van der Waals surface area (Å²) < 4.78 is 9.51. The molecule has 20 heavy (non-hydrogen) atoms. The average Bonchev–Trinajstić information content (AvgIpc) is 2.37. The van der Waals surface area contributed by atoms with Crippen molar-refractivity contribution in [1.29, 1.82) is 0 Å². The van der Waals surface area contributed by atoms with E-state index in [2.05, 4.69) is 5.32 Å². The summed E-state index contributed by atoms with van der Waals surface area (Å²) in [6.45, 7) is 3.49. The van der Waals surface area contributed by atoms with Crippen molar-refractivity contribution in [1.82, 2.24) is 5.32 Å². The number of esters is 2. The van der Waals surface area contributed by atoms with Crippen LogP contribution in [0.1, 0.15) is 13.8 Å².